The van der Waals surface area contributed by atoms with E-state index in [-0.39, 0.29) is 60.4 Å². The summed E-state index contributed by atoms with van der Waals surface area (Å²) in [5.74, 6) is -1.13. The first-order valence-electron chi connectivity index (χ1n) is 9.17. The molecule has 7 heteroatoms. The molecule has 0 saturated carbocycles. The fourth-order valence-electron chi connectivity index (χ4n) is 5.54. The molecule has 6 atom stereocenters. The van der Waals surface area contributed by atoms with Crippen LogP contribution in [0.25, 0.3) is 0 Å². The lowest BCUT2D eigenvalue weighted by Crippen LogP contribution is -2.49. The minimum absolute atomic E-state index is 0.0684. The fraction of sp³-hybridized carbons (Fsp3) is 0.824. The van der Waals surface area contributed by atoms with E-state index >= 15 is 0 Å². The molecule has 0 aromatic rings. The van der Waals surface area contributed by atoms with Gasteiger partial charge >= 0.3 is 0 Å². The number of hydrogen-bond donors (Lipinski definition) is 1. The van der Waals surface area contributed by atoms with Crippen LogP contribution in [0.15, 0.2) is 0 Å². The van der Waals surface area contributed by atoms with Gasteiger partial charge in [0.1, 0.15) is 6.54 Å². The number of hydrogen-bond acceptors (Lipinski definition) is 5. The van der Waals surface area contributed by atoms with Crippen LogP contribution >= 0.6 is 0 Å². The summed E-state index contributed by atoms with van der Waals surface area (Å²) >= 11 is 0. The van der Waals surface area contributed by atoms with E-state index < -0.39 is 0 Å². The van der Waals surface area contributed by atoms with Crippen molar-refractivity contribution >= 4 is 17.7 Å². The Bertz CT molecular complexity index is 567. The van der Waals surface area contributed by atoms with Crippen molar-refractivity contribution in [3.63, 3.8) is 0 Å². The van der Waals surface area contributed by atoms with Crippen LogP contribution in [0.5, 0.6) is 0 Å². The summed E-state index contributed by atoms with van der Waals surface area (Å²) in [6.07, 6.45) is 4.47. The van der Waals surface area contributed by atoms with Crippen molar-refractivity contribution < 1.29 is 19.1 Å². The first-order valence-corrected chi connectivity index (χ1v) is 9.17. The molecule has 0 aromatic heterocycles. The molecule has 5 aliphatic rings. The Kier molecular flexibility index (Phi) is 3.25. The van der Waals surface area contributed by atoms with Gasteiger partial charge in [0.2, 0.25) is 17.7 Å². The maximum Gasteiger partial charge on any atom is 0.243 e. The standard InChI is InChI=1S/C17H23N3O4/c21-13(20-9-1-2-10(20)7-18-6-5-9)8-19-16(22)14-11-3-4-12(24-11)15(14)17(19)23/h9-12,14-15,18H,1-8H2. The van der Waals surface area contributed by atoms with Crippen LogP contribution in [0, 0.1) is 11.8 Å². The summed E-state index contributed by atoms with van der Waals surface area (Å²) < 4.78 is 5.74. The van der Waals surface area contributed by atoms with Gasteiger partial charge in [0.25, 0.3) is 0 Å². The zero-order valence-corrected chi connectivity index (χ0v) is 13.6. The molecule has 24 heavy (non-hydrogen) atoms. The predicted molar refractivity (Wildman–Crippen MR) is 82.7 cm³/mol. The van der Waals surface area contributed by atoms with E-state index in [1.54, 1.807) is 0 Å². The highest BCUT2D eigenvalue weighted by Gasteiger charge is 2.62. The van der Waals surface area contributed by atoms with Gasteiger partial charge in [-0.1, -0.05) is 0 Å². The Morgan fingerprint density at radius 3 is 2.38 bits per heavy atom. The number of fused-ring (bicyclic) bond motifs is 7. The van der Waals surface area contributed by atoms with Gasteiger partial charge in [0, 0.05) is 18.6 Å². The van der Waals surface area contributed by atoms with Crippen LogP contribution in [0.1, 0.15) is 32.1 Å². The van der Waals surface area contributed by atoms with Gasteiger partial charge in [-0.25, -0.2) is 0 Å². The van der Waals surface area contributed by atoms with Gasteiger partial charge in [0.15, 0.2) is 0 Å². The van der Waals surface area contributed by atoms with Crippen LogP contribution in [0.3, 0.4) is 0 Å². The molecule has 0 aromatic carbocycles. The van der Waals surface area contributed by atoms with E-state index in [4.69, 9.17) is 4.74 Å². The number of imide groups is 1. The molecular weight excluding hydrogens is 310 g/mol. The Morgan fingerprint density at radius 2 is 1.67 bits per heavy atom. The molecule has 0 aliphatic carbocycles. The van der Waals surface area contributed by atoms with Crippen LogP contribution in [-0.2, 0) is 19.1 Å². The molecule has 7 nitrogen and oxygen atoms in total. The molecule has 0 spiro atoms. The third-order valence-corrected chi connectivity index (χ3v) is 6.61. The molecule has 5 saturated heterocycles. The number of likely N-dealkylation sites (tertiary alicyclic amines) is 1. The van der Waals surface area contributed by atoms with E-state index in [9.17, 15) is 14.4 Å². The lowest BCUT2D eigenvalue weighted by molar-refractivity contribution is -0.149. The van der Waals surface area contributed by atoms with Crippen molar-refractivity contribution in [1.82, 2.24) is 15.1 Å². The van der Waals surface area contributed by atoms with E-state index in [1.807, 2.05) is 4.90 Å². The zero-order valence-electron chi connectivity index (χ0n) is 13.6. The summed E-state index contributed by atoms with van der Waals surface area (Å²) in [5, 5.41) is 3.37. The highest BCUT2D eigenvalue weighted by atomic mass is 16.5. The molecule has 3 amide bonds. The van der Waals surface area contributed by atoms with Crippen molar-refractivity contribution in [2.75, 3.05) is 19.6 Å². The number of carbonyl (C=O) groups excluding carboxylic acids is 3. The molecule has 5 fully saturated rings. The lowest BCUT2D eigenvalue weighted by atomic mass is 9.81. The van der Waals surface area contributed by atoms with Gasteiger partial charge in [-0.3, -0.25) is 19.3 Å². The number of rotatable bonds is 2. The molecule has 6 unspecified atom stereocenters. The summed E-state index contributed by atoms with van der Waals surface area (Å²) in [6, 6.07) is 0.459. The van der Waals surface area contributed by atoms with Crippen molar-refractivity contribution in [1.29, 1.82) is 0 Å². The van der Waals surface area contributed by atoms with Crippen LogP contribution in [0.4, 0.5) is 0 Å². The molecule has 130 valence electrons. The number of nitrogens with one attached hydrogen (secondary N) is 1. The second-order valence-electron chi connectivity index (χ2n) is 7.78. The number of nitrogens with zero attached hydrogens (tertiary/aromatic N) is 2. The molecule has 1 N–H and O–H groups in total. The Hall–Kier alpha value is -1.47. The van der Waals surface area contributed by atoms with E-state index in [0.717, 1.165) is 45.2 Å². The molecule has 5 heterocycles. The van der Waals surface area contributed by atoms with Crippen molar-refractivity contribution in [2.24, 2.45) is 11.8 Å². The number of carbonyl (C=O) groups is 3. The first kappa shape index (κ1) is 14.8. The molecule has 5 aliphatic heterocycles. The smallest absolute Gasteiger partial charge is 0.243 e. The minimum atomic E-state index is -0.341. The zero-order chi connectivity index (χ0) is 16.4. The van der Waals surface area contributed by atoms with Crippen LogP contribution < -0.4 is 5.32 Å². The van der Waals surface area contributed by atoms with E-state index in [2.05, 4.69) is 5.32 Å². The van der Waals surface area contributed by atoms with Crippen LogP contribution in [-0.4, -0.2) is 71.4 Å². The monoisotopic (exact) mass is 333 g/mol. The van der Waals surface area contributed by atoms with Gasteiger partial charge < -0.3 is 15.0 Å². The quantitative estimate of drug-likeness (QED) is 0.690. The molecule has 0 radical (unpaired) electrons. The third kappa shape index (κ3) is 1.94. The maximum atomic E-state index is 12.9. The second kappa shape index (κ2) is 5.26. The van der Waals surface area contributed by atoms with Crippen LogP contribution in [0.2, 0.25) is 0 Å². The van der Waals surface area contributed by atoms with E-state index in [1.165, 1.54) is 4.90 Å². The van der Waals surface area contributed by atoms with Gasteiger partial charge in [-0.05, 0) is 38.6 Å². The average Bonchev–Trinajstić information content (AvgIpc) is 3.26. The number of ether oxygens (including phenoxy) is 1. The SMILES string of the molecule is O=C1C2C3CCC(O3)C2C(=O)N1CC(=O)N1C2CCNCC1CC2. The second-order valence-corrected chi connectivity index (χ2v) is 7.78. The van der Waals surface area contributed by atoms with Gasteiger partial charge in [0.05, 0.1) is 24.0 Å². The third-order valence-electron chi connectivity index (χ3n) is 6.61. The topological polar surface area (TPSA) is 79.0 Å². The minimum Gasteiger partial charge on any atom is -0.373 e. The Labute approximate surface area is 140 Å². The van der Waals surface area contributed by atoms with Gasteiger partial charge in [-0.2, -0.15) is 0 Å². The summed E-state index contributed by atoms with van der Waals surface area (Å²) in [7, 11) is 0. The first-order chi connectivity index (χ1) is 11.6. The fourth-order valence-corrected chi connectivity index (χ4v) is 5.54. The highest BCUT2D eigenvalue weighted by molar-refractivity contribution is 6.08. The average molecular weight is 333 g/mol. The van der Waals surface area contributed by atoms with E-state index in [0.29, 0.717) is 0 Å². The van der Waals surface area contributed by atoms with Crippen molar-refractivity contribution in [3.8, 4) is 0 Å². The summed E-state index contributed by atoms with van der Waals surface area (Å²) in [5.41, 5.74) is 0. The largest absolute Gasteiger partial charge is 0.373 e. The maximum absolute atomic E-state index is 12.9. The highest BCUT2D eigenvalue weighted by Crippen LogP contribution is 2.48. The summed E-state index contributed by atoms with van der Waals surface area (Å²) in [4.78, 5) is 41.4. The molecular formula is C17H23N3O4. The Balaban J connectivity index is 1.34. The van der Waals surface area contributed by atoms with Crippen molar-refractivity contribution in [2.45, 2.75) is 56.4 Å². The number of amides is 3. The molecule has 4 bridgehead atoms. The Morgan fingerprint density at radius 1 is 1.00 bits per heavy atom. The molecule has 5 rings (SSSR count). The lowest BCUT2D eigenvalue weighted by Gasteiger charge is -2.29. The van der Waals surface area contributed by atoms with Crippen molar-refractivity contribution in [3.05, 3.63) is 0 Å². The predicted octanol–water partition coefficient (Wildman–Crippen LogP) is -0.498. The summed E-state index contributed by atoms with van der Waals surface area (Å²) in [6.45, 7) is 1.65. The normalized spacial score (nSPS) is 43.5. The van der Waals surface area contributed by atoms with Gasteiger partial charge in [-0.15, -0.1) is 0 Å².